The molecule has 0 saturated carbocycles. The molecule has 0 aliphatic carbocycles. The van der Waals surface area contributed by atoms with E-state index < -0.39 is 11.7 Å². The molecule has 9 heteroatoms. The number of hydrogen-bond acceptors (Lipinski definition) is 4. The van der Waals surface area contributed by atoms with E-state index in [1.807, 2.05) is 27.0 Å². The van der Waals surface area contributed by atoms with Crippen molar-refractivity contribution in [2.75, 3.05) is 26.4 Å². The molecular formula is C18H30FIN4O2S. The number of rotatable bonds is 7. The Balaban J connectivity index is 0.00000676. The number of nitrogens with zero attached hydrogens (tertiary/aromatic N) is 1. The van der Waals surface area contributed by atoms with Gasteiger partial charge in [0, 0.05) is 32.4 Å². The number of aliphatic imine (C=N–C) groups is 1. The molecule has 1 aromatic rings. The van der Waals surface area contributed by atoms with Crippen LogP contribution < -0.4 is 16.0 Å². The summed E-state index contributed by atoms with van der Waals surface area (Å²) in [7, 11) is 1.67. The predicted octanol–water partition coefficient (Wildman–Crippen LogP) is 3.50. The van der Waals surface area contributed by atoms with Gasteiger partial charge in [-0.3, -0.25) is 4.99 Å². The van der Waals surface area contributed by atoms with E-state index >= 15 is 0 Å². The highest BCUT2D eigenvalue weighted by Gasteiger charge is 2.15. The number of thioether (sulfide) groups is 1. The molecule has 0 aliphatic rings. The molecule has 6 nitrogen and oxygen atoms in total. The highest BCUT2D eigenvalue weighted by Crippen LogP contribution is 2.16. The molecule has 27 heavy (non-hydrogen) atoms. The standard InChI is InChI=1S/C18H29FN4O2S.HI/c1-18(2,3)25-17(24)22-9-8-21-16(20-4)23-11-13-6-7-15(19)10-14(13)12-26-5;/h6-7,10H,8-9,11-12H2,1-5H3,(H,22,24)(H2,20,21,23);1H. The predicted molar refractivity (Wildman–Crippen MR) is 121 cm³/mol. The minimum absolute atomic E-state index is 0. The first-order valence-electron chi connectivity index (χ1n) is 8.42. The Morgan fingerprint density at radius 3 is 2.44 bits per heavy atom. The third kappa shape index (κ3) is 11.3. The van der Waals surface area contributed by atoms with Crippen LogP contribution in [0.4, 0.5) is 9.18 Å². The van der Waals surface area contributed by atoms with Gasteiger partial charge in [-0.15, -0.1) is 24.0 Å². The summed E-state index contributed by atoms with van der Waals surface area (Å²) >= 11 is 1.65. The molecule has 1 aromatic carbocycles. The molecule has 0 radical (unpaired) electrons. The van der Waals surface area contributed by atoms with E-state index in [1.165, 1.54) is 6.07 Å². The average Bonchev–Trinajstić information content (AvgIpc) is 2.54. The van der Waals surface area contributed by atoms with Gasteiger partial charge in [-0.05, 0) is 50.3 Å². The third-order valence-corrected chi connectivity index (χ3v) is 3.82. The Hall–Kier alpha value is -1.23. The number of amides is 1. The van der Waals surface area contributed by atoms with Crippen molar-refractivity contribution < 1.29 is 13.9 Å². The Labute approximate surface area is 182 Å². The Morgan fingerprint density at radius 2 is 1.85 bits per heavy atom. The van der Waals surface area contributed by atoms with E-state index in [9.17, 15) is 9.18 Å². The molecule has 0 unspecified atom stereocenters. The lowest BCUT2D eigenvalue weighted by atomic mass is 10.1. The van der Waals surface area contributed by atoms with Gasteiger partial charge < -0.3 is 20.7 Å². The third-order valence-electron chi connectivity index (χ3n) is 3.22. The zero-order chi connectivity index (χ0) is 19.6. The highest BCUT2D eigenvalue weighted by atomic mass is 127. The van der Waals surface area contributed by atoms with Crippen LogP contribution >= 0.6 is 35.7 Å². The summed E-state index contributed by atoms with van der Waals surface area (Å²) in [6, 6.07) is 4.81. The van der Waals surface area contributed by atoms with Gasteiger partial charge in [-0.2, -0.15) is 11.8 Å². The van der Waals surface area contributed by atoms with Crippen molar-refractivity contribution >= 4 is 47.8 Å². The van der Waals surface area contributed by atoms with Gasteiger partial charge in [-0.25, -0.2) is 9.18 Å². The van der Waals surface area contributed by atoms with Crippen molar-refractivity contribution in [3.63, 3.8) is 0 Å². The van der Waals surface area contributed by atoms with Crippen LogP contribution in [0.1, 0.15) is 31.9 Å². The van der Waals surface area contributed by atoms with Crippen LogP contribution in [0.25, 0.3) is 0 Å². The van der Waals surface area contributed by atoms with Crippen molar-refractivity contribution in [3.8, 4) is 0 Å². The van der Waals surface area contributed by atoms with Crippen LogP contribution in [0, 0.1) is 5.82 Å². The average molecular weight is 512 g/mol. The minimum atomic E-state index is -0.515. The zero-order valence-electron chi connectivity index (χ0n) is 16.5. The summed E-state index contributed by atoms with van der Waals surface area (Å²) in [5.74, 6) is 1.13. The smallest absolute Gasteiger partial charge is 0.407 e. The molecule has 1 amide bonds. The number of ether oxygens (including phenoxy) is 1. The number of hydrogen-bond donors (Lipinski definition) is 3. The molecule has 0 fully saturated rings. The Kier molecular flexibility index (Phi) is 12.4. The number of benzene rings is 1. The number of nitrogens with one attached hydrogen (secondary N) is 3. The molecule has 0 aromatic heterocycles. The number of halogens is 2. The molecule has 0 atom stereocenters. The van der Waals surface area contributed by atoms with E-state index in [-0.39, 0.29) is 29.8 Å². The van der Waals surface area contributed by atoms with E-state index in [0.717, 1.165) is 16.9 Å². The van der Waals surface area contributed by atoms with Gasteiger partial charge in [-0.1, -0.05) is 6.07 Å². The van der Waals surface area contributed by atoms with Crippen molar-refractivity contribution in [3.05, 3.63) is 35.1 Å². The molecule has 0 bridgehead atoms. The van der Waals surface area contributed by atoms with Crippen molar-refractivity contribution in [1.29, 1.82) is 0 Å². The van der Waals surface area contributed by atoms with E-state index in [2.05, 4.69) is 20.9 Å². The van der Waals surface area contributed by atoms with Gasteiger partial charge >= 0.3 is 6.09 Å². The topological polar surface area (TPSA) is 74.8 Å². The van der Waals surface area contributed by atoms with E-state index in [0.29, 0.717) is 25.6 Å². The van der Waals surface area contributed by atoms with Crippen molar-refractivity contribution in [1.82, 2.24) is 16.0 Å². The maximum Gasteiger partial charge on any atom is 0.407 e. The summed E-state index contributed by atoms with van der Waals surface area (Å²) in [5.41, 5.74) is 1.47. The first-order chi connectivity index (χ1) is 12.2. The fourth-order valence-corrected chi connectivity index (χ4v) is 2.70. The van der Waals surface area contributed by atoms with Crippen LogP contribution in [0.3, 0.4) is 0 Å². The maximum atomic E-state index is 13.4. The van der Waals surface area contributed by atoms with Gasteiger partial charge in [0.25, 0.3) is 0 Å². The molecule has 0 saturated heterocycles. The molecule has 1 rings (SSSR count). The van der Waals surface area contributed by atoms with Crippen LogP contribution in [0.2, 0.25) is 0 Å². The Bertz CT molecular complexity index is 624. The van der Waals surface area contributed by atoms with Crippen LogP contribution in [-0.4, -0.2) is 44.0 Å². The molecule has 154 valence electrons. The Morgan fingerprint density at radius 1 is 1.19 bits per heavy atom. The summed E-state index contributed by atoms with van der Waals surface area (Å²) in [6.07, 6.45) is 1.54. The van der Waals surface area contributed by atoms with Gasteiger partial charge in [0.2, 0.25) is 0 Å². The second-order valence-electron chi connectivity index (χ2n) is 6.63. The first kappa shape index (κ1) is 25.8. The monoisotopic (exact) mass is 512 g/mol. The second kappa shape index (κ2) is 13.0. The summed E-state index contributed by atoms with van der Waals surface area (Å²) < 4.78 is 18.6. The number of carbonyl (C=O) groups is 1. The fourth-order valence-electron chi connectivity index (χ4n) is 2.12. The quantitative estimate of drug-likeness (QED) is 0.226. The van der Waals surface area contributed by atoms with Gasteiger partial charge in [0.1, 0.15) is 11.4 Å². The minimum Gasteiger partial charge on any atom is -0.444 e. The number of alkyl carbamates (subject to hydrolysis) is 1. The SMILES string of the molecule is CN=C(NCCNC(=O)OC(C)(C)C)NCc1ccc(F)cc1CSC.I. The molecule has 0 spiro atoms. The zero-order valence-corrected chi connectivity index (χ0v) is 19.7. The van der Waals surface area contributed by atoms with Crippen LogP contribution in [0.5, 0.6) is 0 Å². The number of carbonyl (C=O) groups excluding carboxylic acids is 1. The van der Waals surface area contributed by atoms with Crippen molar-refractivity contribution in [2.24, 2.45) is 4.99 Å². The molecule has 0 heterocycles. The van der Waals surface area contributed by atoms with Crippen LogP contribution in [-0.2, 0) is 17.0 Å². The fraction of sp³-hybridized carbons (Fsp3) is 0.556. The lowest BCUT2D eigenvalue weighted by Crippen LogP contribution is -2.42. The lowest BCUT2D eigenvalue weighted by Gasteiger charge is -2.20. The van der Waals surface area contributed by atoms with E-state index in [4.69, 9.17) is 4.74 Å². The molecule has 3 N–H and O–H groups in total. The highest BCUT2D eigenvalue weighted by molar-refractivity contribution is 14.0. The number of guanidine groups is 1. The second-order valence-corrected chi connectivity index (χ2v) is 7.49. The summed E-state index contributed by atoms with van der Waals surface area (Å²) in [4.78, 5) is 15.7. The van der Waals surface area contributed by atoms with Crippen molar-refractivity contribution in [2.45, 2.75) is 38.7 Å². The lowest BCUT2D eigenvalue weighted by molar-refractivity contribution is 0.0529. The normalized spacial score (nSPS) is 11.4. The van der Waals surface area contributed by atoms with Crippen LogP contribution in [0.15, 0.2) is 23.2 Å². The maximum absolute atomic E-state index is 13.4. The van der Waals surface area contributed by atoms with E-state index in [1.54, 1.807) is 30.9 Å². The first-order valence-corrected chi connectivity index (χ1v) is 9.82. The van der Waals surface area contributed by atoms with Gasteiger partial charge in [0.15, 0.2) is 5.96 Å². The molecular weight excluding hydrogens is 482 g/mol. The summed E-state index contributed by atoms with van der Waals surface area (Å²) in [6.45, 7) is 6.89. The largest absolute Gasteiger partial charge is 0.444 e. The molecule has 0 aliphatic heterocycles. The van der Waals surface area contributed by atoms with Gasteiger partial charge in [0.05, 0.1) is 0 Å². The summed E-state index contributed by atoms with van der Waals surface area (Å²) in [5, 5.41) is 8.98.